The molecule has 1 rings (SSSR count). The molecule has 1 fully saturated rings. The molecule has 14 heavy (non-hydrogen) atoms. The Balaban J connectivity index is 2.24. The zero-order valence-electron chi connectivity index (χ0n) is 9.30. The van der Waals surface area contributed by atoms with Crippen LogP contribution >= 0.6 is 0 Å². The monoisotopic (exact) mass is 200 g/mol. The maximum atomic E-state index is 5.49. The quantitative estimate of drug-likeness (QED) is 0.404. The molecule has 84 valence electrons. The van der Waals surface area contributed by atoms with Gasteiger partial charge < -0.3 is 4.74 Å². The lowest BCUT2D eigenvalue weighted by Gasteiger charge is -2.21. The summed E-state index contributed by atoms with van der Waals surface area (Å²) in [6.45, 7) is 0.729. The first-order valence-electron chi connectivity index (χ1n) is 5.82. The fraction of sp³-hybridized carbons (Fsp3) is 1.00. The second kappa shape index (κ2) is 7.21. The zero-order chi connectivity index (χ0) is 10.2. The van der Waals surface area contributed by atoms with E-state index in [0.717, 1.165) is 12.5 Å². The Labute approximate surface area is 87.4 Å². The highest BCUT2D eigenvalue weighted by Crippen LogP contribution is 2.26. The predicted molar refractivity (Wildman–Crippen MR) is 58.8 cm³/mol. The van der Waals surface area contributed by atoms with Gasteiger partial charge in [-0.15, -0.1) is 0 Å². The van der Waals surface area contributed by atoms with E-state index in [2.05, 4.69) is 5.43 Å². The summed E-state index contributed by atoms with van der Waals surface area (Å²) < 4.78 is 5.13. The minimum absolute atomic E-state index is 0.336. The third kappa shape index (κ3) is 4.40. The molecule has 0 bridgehead atoms. The van der Waals surface area contributed by atoms with Crippen LogP contribution in [0.5, 0.6) is 0 Å². The fourth-order valence-electron chi connectivity index (χ4n) is 2.39. The van der Waals surface area contributed by atoms with Crippen LogP contribution in [0.15, 0.2) is 0 Å². The summed E-state index contributed by atoms with van der Waals surface area (Å²) in [5.41, 5.74) is 2.85. The molecular weight excluding hydrogens is 176 g/mol. The van der Waals surface area contributed by atoms with Crippen molar-refractivity contribution in [2.24, 2.45) is 11.8 Å². The van der Waals surface area contributed by atoms with Gasteiger partial charge >= 0.3 is 0 Å². The average Bonchev–Trinajstić information content (AvgIpc) is 2.45. The van der Waals surface area contributed by atoms with Gasteiger partial charge in [0.25, 0.3) is 0 Å². The van der Waals surface area contributed by atoms with E-state index >= 15 is 0 Å². The molecule has 0 aliphatic heterocycles. The second-order valence-corrected chi connectivity index (χ2v) is 4.41. The van der Waals surface area contributed by atoms with Crippen molar-refractivity contribution in [3.8, 4) is 0 Å². The standard InChI is InChI=1S/C11H24N2O/c1-14-9-11(13-12)8-10-6-4-2-3-5-7-10/h10-11,13H,2-9,12H2,1H3. The Morgan fingerprint density at radius 1 is 1.29 bits per heavy atom. The lowest BCUT2D eigenvalue weighted by atomic mass is 9.93. The summed E-state index contributed by atoms with van der Waals surface area (Å²) in [4.78, 5) is 0. The van der Waals surface area contributed by atoms with E-state index in [1.54, 1.807) is 7.11 Å². The van der Waals surface area contributed by atoms with Gasteiger partial charge in [-0.2, -0.15) is 0 Å². The predicted octanol–water partition coefficient (Wildman–Crippen LogP) is 1.83. The van der Waals surface area contributed by atoms with Crippen molar-refractivity contribution in [1.29, 1.82) is 0 Å². The molecule has 3 heteroatoms. The van der Waals surface area contributed by atoms with E-state index < -0.39 is 0 Å². The summed E-state index contributed by atoms with van der Waals surface area (Å²) in [6, 6.07) is 0.336. The lowest BCUT2D eigenvalue weighted by Crippen LogP contribution is -2.39. The number of methoxy groups -OCH3 is 1. The van der Waals surface area contributed by atoms with Crippen molar-refractivity contribution in [3.63, 3.8) is 0 Å². The van der Waals surface area contributed by atoms with Gasteiger partial charge in [-0.05, 0) is 12.3 Å². The Hall–Kier alpha value is -0.120. The number of nitrogens with two attached hydrogens (primary N) is 1. The minimum Gasteiger partial charge on any atom is -0.383 e. The molecule has 0 heterocycles. The largest absolute Gasteiger partial charge is 0.383 e. The first-order valence-corrected chi connectivity index (χ1v) is 5.82. The molecule has 0 amide bonds. The lowest BCUT2D eigenvalue weighted by molar-refractivity contribution is 0.152. The maximum absolute atomic E-state index is 5.49. The highest BCUT2D eigenvalue weighted by Gasteiger charge is 2.16. The van der Waals surface area contributed by atoms with E-state index in [0.29, 0.717) is 6.04 Å². The van der Waals surface area contributed by atoms with Crippen LogP contribution in [0, 0.1) is 5.92 Å². The normalized spacial score (nSPS) is 21.9. The highest BCUT2D eigenvalue weighted by atomic mass is 16.5. The minimum atomic E-state index is 0.336. The van der Waals surface area contributed by atoms with E-state index in [-0.39, 0.29) is 0 Å². The fourth-order valence-corrected chi connectivity index (χ4v) is 2.39. The number of hydrazine groups is 1. The van der Waals surface area contributed by atoms with Gasteiger partial charge in [0.05, 0.1) is 6.61 Å². The molecule has 1 saturated carbocycles. The van der Waals surface area contributed by atoms with E-state index in [1.165, 1.54) is 44.9 Å². The van der Waals surface area contributed by atoms with Crippen LogP contribution in [0.25, 0.3) is 0 Å². The van der Waals surface area contributed by atoms with Crippen LogP contribution in [0.2, 0.25) is 0 Å². The SMILES string of the molecule is COCC(CC1CCCCCC1)NN. The van der Waals surface area contributed by atoms with Crippen LogP contribution in [-0.4, -0.2) is 19.8 Å². The van der Waals surface area contributed by atoms with E-state index in [9.17, 15) is 0 Å². The van der Waals surface area contributed by atoms with Crippen molar-refractivity contribution < 1.29 is 4.74 Å². The van der Waals surface area contributed by atoms with E-state index in [1.807, 2.05) is 0 Å². The van der Waals surface area contributed by atoms with Crippen LogP contribution in [-0.2, 0) is 4.74 Å². The second-order valence-electron chi connectivity index (χ2n) is 4.41. The maximum Gasteiger partial charge on any atom is 0.0629 e. The van der Waals surface area contributed by atoms with Crippen molar-refractivity contribution in [3.05, 3.63) is 0 Å². The molecule has 0 radical (unpaired) electrons. The molecule has 1 atom stereocenters. The average molecular weight is 200 g/mol. The van der Waals surface area contributed by atoms with Gasteiger partial charge in [-0.3, -0.25) is 11.3 Å². The first kappa shape index (κ1) is 12.0. The molecule has 3 N–H and O–H groups in total. The van der Waals surface area contributed by atoms with Gasteiger partial charge in [0.2, 0.25) is 0 Å². The summed E-state index contributed by atoms with van der Waals surface area (Å²) in [6.07, 6.45) is 9.56. The van der Waals surface area contributed by atoms with E-state index in [4.69, 9.17) is 10.6 Å². The van der Waals surface area contributed by atoms with Crippen LogP contribution in [0.1, 0.15) is 44.9 Å². The Kier molecular flexibility index (Phi) is 6.15. The number of nitrogens with one attached hydrogen (secondary N) is 1. The van der Waals surface area contributed by atoms with Crippen molar-refractivity contribution in [1.82, 2.24) is 5.43 Å². The molecule has 1 aliphatic rings. The Morgan fingerprint density at radius 2 is 1.93 bits per heavy atom. The van der Waals surface area contributed by atoms with Crippen molar-refractivity contribution in [2.75, 3.05) is 13.7 Å². The summed E-state index contributed by atoms with van der Waals surface area (Å²) >= 11 is 0. The number of ether oxygens (including phenoxy) is 1. The molecule has 0 spiro atoms. The number of hydrogen-bond acceptors (Lipinski definition) is 3. The molecule has 3 nitrogen and oxygen atoms in total. The van der Waals surface area contributed by atoms with Gasteiger partial charge in [0.1, 0.15) is 0 Å². The highest BCUT2D eigenvalue weighted by molar-refractivity contribution is 4.72. The molecule has 0 aromatic heterocycles. The molecular formula is C11H24N2O. The molecule has 0 aromatic carbocycles. The Bertz CT molecular complexity index is 133. The van der Waals surface area contributed by atoms with Crippen molar-refractivity contribution in [2.45, 2.75) is 51.0 Å². The molecule has 0 aromatic rings. The first-order chi connectivity index (χ1) is 6.86. The van der Waals surface area contributed by atoms with Gasteiger partial charge in [-0.1, -0.05) is 38.5 Å². The summed E-state index contributed by atoms with van der Waals surface area (Å²) in [5.74, 6) is 6.34. The van der Waals surface area contributed by atoms with Crippen LogP contribution < -0.4 is 11.3 Å². The molecule has 0 saturated heterocycles. The van der Waals surface area contributed by atoms with Crippen molar-refractivity contribution >= 4 is 0 Å². The summed E-state index contributed by atoms with van der Waals surface area (Å²) in [5, 5.41) is 0. The number of hydrogen-bond donors (Lipinski definition) is 2. The Morgan fingerprint density at radius 3 is 2.43 bits per heavy atom. The van der Waals surface area contributed by atoms with Crippen LogP contribution in [0.3, 0.4) is 0 Å². The molecule has 1 unspecified atom stereocenters. The van der Waals surface area contributed by atoms with Crippen LogP contribution in [0.4, 0.5) is 0 Å². The number of rotatable bonds is 5. The zero-order valence-corrected chi connectivity index (χ0v) is 9.30. The van der Waals surface area contributed by atoms with Gasteiger partial charge in [0.15, 0.2) is 0 Å². The smallest absolute Gasteiger partial charge is 0.0629 e. The molecule has 1 aliphatic carbocycles. The summed E-state index contributed by atoms with van der Waals surface area (Å²) in [7, 11) is 1.73. The van der Waals surface area contributed by atoms with Gasteiger partial charge in [-0.25, -0.2) is 0 Å². The third-order valence-corrected chi connectivity index (χ3v) is 3.20. The third-order valence-electron chi connectivity index (χ3n) is 3.20. The van der Waals surface area contributed by atoms with Gasteiger partial charge in [0, 0.05) is 13.2 Å². The topological polar surface area (TPSA) is 47.3 Å².